The Hall–Kier alpha value is -2.53. The molecule has 0 saturated heterocycles. The van der Waals surface area contributed by atoms with E-state index in [0.717, 1.165) is 11.1 Å². The molecular formula is C17H17ClN2O3. The number of methoxy groups -OCH3 is 1. The van der Waals surface area contributed by atoms with Gasteiger partial charge in [0, 0.05) is 10.7 Å². The summed E-state index contributed by atoms with van der Waals surface area (Å²) in [5.74, 6) is -1.15. The van der Waals surface area contributed by atoms with Gasteiger partial charge in [-0.3, -0.25) is 9.59 Å². The van der Waals surface area contributed by atoms with E-state index in [1.807, 2.05) is 19.9 Å². The first-order chi connectivity index (χ1) is 10.9. The summed E-state index contributed by atoms with van der Waals surface area (Å²) in [6.45, 7) is 3.83. The third-order valence-electron chi connectivity index (χ3n) is 3.10. The second-order valence-electron chi connectivity index (χ2n) is 5.13. The van der Waals surface area contributed by atoms with Crippen LogP contribution in [0.25, 0.3) is 0 Å². The molecule has 5 nitrogen and oxygen atoms in total. The van der Waals surface area contributed by atoms with E-state index in [9.17, 15) is 9.59 Å². The van der Waals surface area contributed by atoms with Gasteiger partial charge in [0.05, 0.1) is 12.8 Å². The van der Waals surface area contributed by atoms with Crippen molar-refractivity contribution in [3.8, 4) is 5.75 Å². The molecule has 2 amide bonds. The number of hydrogen-bond acceptors (Lipinski definition) is 3. The molecule has 0 atom stereocenters. The highest BCUT2D eigenvalue weighted by molar-refractivity contribution is 6.44. The average molecular weight is 333 g/mol. The number of benzene rings is 2. The van der Waals surface area contributed by atoms with Crippen molar-refractivity contribution in [1.82, 2.24) is 0 Å². The number of anilines is 2. The summed E-state index contributed by atoms with van der Waals surface area (Å²) in [5.41, 5.74) is 2.90. The van der Waals surface area contributed by atoms with Crippen LogP contribution in [0.4, 0.5) is 11.4 Å². The van der Waals surface area contributed by atoms with Gasteiger partial charge in [0.25, 0.3) is 0 Å². The molecule has 23 heavy (non-hydrogen) atoms. The SMILES string of the molecule is COc1ccc(Cl)cc1NC(=O)C(=O)Nc1cc(C)cc(C)c1. The summed E-state index contributed by atoms with van der Waals surface area (Å²) in [4.78, 5) is 24.1. The van der Waals surface area contributed by atoms with Gasteiger partial charge in [-0.15, -0.1) is 0 Å². The number of hydrogen-bond donors (Lipinski definition) is 2. The average Bonchev–Trinajstić information content (AvgIpc) is 2.46. The van der Waals surface area contributed by atoms with Crippen LogP contribution in [-0.4, -0.2) is 18.9 Å². The molecular weight excluding hydrogens is 316 g/mol. The number of ether oxygens (including phenoxy) is 1. The lowest BCUT2D eigenvalue weighted by molar-refractivity contribution is -0.133. The van der Waals surface area contributed by atoms with Crippen LogP contribution in [-0.2, 0) is 9.59 Å². The number of carbonyl (C=O) groups is 2. The second-order valence-corrected chi connectivity index (χ2v) is 5.57. The van der Waals surface area contributed by atoms with Crippen LogP contribution >= 0.6 is 11.6 Å². The van der Waals surface area contributed by atoms with Gasteiger partial charge in [0.2, 0.25) is 0 Å². The van der Waals surface area contributed by atoms with E-state index in [1.165, 1.54) is 13.2 Å². The topological polar surface area (TPSA) is 67.4 Å². The third kappa shape index (κ3) is 4.47. The number of rotatable bonds is 3. The van der Waals surface area contributed by atoms with Gasteiger partial charge in [-0.2, -0.15) is 0 Å². The van der Waals surface area contributed by atoms with Crippen molar-refractivity contribution < 1.29 is 14.3 Å². The van der Waals surface area contributed by atoms with Crippen molar-refractivity contribution in [2.24, 2.45) is 0 Å². The Balaban J connectivity index is 2.11. The summed E-state index contributed by atoms with van der Waals surface area (Å²) in [6, 6.07) is 10.3. The van der Waals surface area contributed by atoms with Crippen molar-refractivity contribution in [1.29, 1.82) is 0 Å². The monoisotopic (exact) mass is 332 g/mol. The molecule has 0 aromatic heterocycles. The normalized spacial score (nSPS) is 10.1. The van der Waals surface area contributed by atoms with E-state index >= 15 is 0 Å². The van der Waals surface area contributed by atoms with Crippen LogP contribution in [0.1, 0.15) is 11.1 Å². The first-order valence-corrected chi connectivity index (χ1v) is 7.31. The van der Waals surface area contributed by atoms with Gasteiger partial charge in [-0.05, 0) is 55.3 Å². The fourth-order valence-corrected chi connectivity index (χ4v) is 2.36. The maximum absolute atomic E-state index is 12.0. The molecule has 0 aliphatic carbocycles. The van der Waals surface area contributed by atoms with E-state index in [1.54, 1.807) is 24.3 Å². The Morgan fingerprint density at radius 1 is 0.957 bits per heavy atom. The molecule has 0 heterocycles. The van der Waals surface area contributed by atoms with E-state index in [-0.39, 0.29) is 0 Å². The van der Waals surface area contributed by atoms with Crippen LogP contribution in [0.5, 0.6) is 5.75 Å². The Kier molecular flexibility index (Phi) is 5.24. The molecule has 0 spiro atoms. The predicted molar refractivity (Wildman–Crippen MR) is 91.2 cm³/mol. The molecule has 0 aliphatic heterocycles. The Bertz CT molecular complexity index is 739. The number of halogens is 1. The molecule has 0 saturated carbocycles. The van der Waals surface area contributed by atoms with Crippen molar-refractivity contribution in [2.45, 2.75) is 13.8 Å². The van der Waals surface area contributed by atoms with Gasteiger partial charge >= 0.3 is 11.8 Å². The third-order valence-corrected chi connectivity index (χ3v) is 3.33. The number of carbonyl (C=O) groups excluding carboxylic acids is 2. The summed E-state index contributed by atoms with van der Waals surface area (Å²) >= 11 is 5.89. The first kappa shape index (κ1) is 16.8. The Morgan fingerprint density at radius 2 is 1.57 bits per heavy atom. The van der Waals surface area contributed by atoms with Crippen molar-refractivity contribution >= 4 is 34.8 Å². The minimum atomic E-state index is -0.801. The minimum absolute atomic E-state index is 0.334. The second kappa shape index (κ2) is 7.15. The Morgan fingerprint density at radius 3 is 2.17 bits per heavy atom. The van der Waals surface area contributed by atoms with E-state index < -0.39 is 11.8 Å². The molecule has 2 aromatic carbocycles. The molecule has 6 heteroatoms. The van der Waals surface area contributed by atoms with Crippen LogP contribution < -0.4 is 15.4 Å². The van der Waals surface area contributed by atoms with Gasteiger partial charge < -0.3 is 15.4 Å². The van der Waals surface area contributed by atoms with Crippen LogP contribution in [0, 0.1) is 13.8 Å². The molecule has 0 aliphatic rings. The molecule has 120 valence electrons. The van der Waals surface area contributed by atoms with E-state index in [2.05, 4.69) is 10.6 Å². The lowest BCUT2D eigenvalue weighted by atomic mass is 10.1. The Labute approximate surface area is 139 Å². The number of amides is 2. The van der Waals surface area contributed by atoms with Crippen molar-refractivity contribution in [3.05, 3.63) is 52.5 Å². The summed E-state index contributed by atoms with van der Waals surface area (Å²) in [5, 5.41) is 5.49. The molecule has 2 N–H and O–H groups in total. The predicted octanol–water partition coefficient (Wildman–Crippen LogP) is 3.54. The zero-order valence-corrected chi connectivity index (χ0v) is 13.8. The van der Waals surface area contributed by atoms with Gasteiger partial charge in [-0.25, -0.2) is 0 Å². The van der Waals surface area contributed by atoms with E-state index in [4.69, 9.17) is 16.3 Å². The summed E-state index contributed by atoms with van der Waals surface area (Å²) in [7, 11) is 1.47. The van der Waals surface area contributed by atoms with Gasteiger partial charge in [-0.1, -0.05) is 17.7 Å². The van der Waals surface area contributed by atoms with Gasteiger partial charge in [0.1, 0.15) is 5.75 Å². The zero-order valence-electron chi connectivity index (χ0n) is 13.1. The largest absolute Gasteiger partial charge is 0.495 e. The molecule has 2 rings (SSSR count). The standard InChI is InChI=1S/C17H17ClN2O3/c1-10-6-11(2)8-13(7-10)19-16(21)17(22)20-14-9-12(18)4-5-15(14)23-3/h4-9H,1-3H3,(H,19,21)(H,20,22). The molecule has 2 aromatic rings. The summed E-state index contributed by atoms with van der Waals surface area (Å²) in [6.07, 6.45) is 0. The number of aryl methyl sites for hydroxylation is 2. The highest BCUT2D eigenvalue weighted by atomic mass is 35.5. The van der Waals surface area contributed by atoms with Crippen LogP contribution in [0.3, 0.4) is 0 Å². The fourth-order valence-electron chi connectivity index (χ4n) is 2.19. The smallest absolute Gasteiger partial charge is 0.314 e. The van der Waals surface area contributed by atoms with E-state index in [0.29, 0.717) is 22.1 Å². The highest BCUT2D eigenvalue weighted by Gasteiger charge is 2.16. The maximum atomic E-state index is 12.0. The lowest BCUT2D eigenvalue weighted by Gasteiger charge is -2.11. The van der Waals surface area contributed by atoms with Crippen molar-refractivity contribution in [2.75, 3.05) is 17.7 Å². The quantitative estimate of drug-likeness (QED) is 0.845. The van der Waals surface area contributed by atoms with Crippen molar-refractivity contribution in [3.63, 3.8) is 0 Å². The number of nitrogens with one attached hydrogen (secondary N) is 2. The molecule has 0 unspecified atom stereocenters. The fraction of sp³-hybridized carbons (Fsp3) is 0.176. The first-order valence-electron chi connectivity index (χ1n) is 6.93. The highest BCUT2D eigenvalue weighted by Crippen LogP contribution is 2.27. The molecule has 0 bridgehead atoms. The molecule has 0 radical (unpaired) electrons. The van der Waals surface area contributed by atoms with Crippen LogP contribution in [0.15, 0.2) is 36.4 Å². The molecule has 0 fully saturated rings. The summed E-state index contributed by atoms with van der Waals surface area (Å²) < 4.78 is 5.13. The lowest BCUT2D eigenvalue weighted by Crippen LogP contribution is -2.29. The van der Waals surface area contributed by atoms with Gasteiger partial charge in [0.15, 0.2) is 0 Å². The zero-order chi connectivity index (χ0) is 17.0. The van der Waals surface area contributed by atoms with Crippen LogP contribution in [0.2, 0.25) is 5.02 Å². The minimum Gasteiger partial charge on any atom is -0.495 e. The maximum Gasteiger partial charge on any atom is 0.314 e.